The van der Waals surface area contributed by atoms with Crippen molar-refractivity contribution in [3.05, 3.63) is 91.0 Å². The van der Waals surface area contributed by atoms with Crippen molar-refractivity contribution < 1.29 is 0 Å². The summed E-state index contributed by atoms with van der Waals surface area (Å²) in [6.45, 7) is 0. The van der Waals surface area contributed by atoms with E-state index in [-0.39, 0.29) is 0 Å². The number of hydrogen-bond donors (Lipinski definition) is 0. The molecule has 0 unspecified atom stereocenters. The van der Waals surface area contributed by atoms with E-state index >= 15 is 0 Å². The normalized spacial score (nSPS) is 10.9. The minimum atomic E-state index is 1.18. The molecule has 21 heavy (non-hydrogen) atoms. The van der Waals surface area contributed by atoms with Gasteiger partial charge in [-0.1, -0.05) is 60.7 Å². The van der Waals surface area contributed by atoms with Gasteiger partial charge in [0.2, 0.25) is 0 Å². The van der Waals surface area contributed by atoms with Crippen LogP contribution in [0.1, 0.15) is 0 Å². The second-order valence-electron chi connectivity index (χ2n) is 5.05. The maximum atomic E-state index is 3.09. The molecule has 0 N–H and O–H groups in total. The predicted octanol–water partition coefficient (Wildman–Crippen LogP) is 5.10. The smallest absolute Gasteiger partial charge is 0.0540 e. The van der Waals surface area contributed by atoms with Crippen LogP contribution in [0.3, 0.4) is 0 Å². The number of para-hydroxylation sites is 2. The highest BCUT2D eigenvalue weighted by molar-refractivity contribution is 5.89. The SMILES string of the molecule is [c]1ccc(-c2cc3ccccc3n2-c2ccccc2)cc1. The Hall–Kier alpha value is -2.80. The van der Waals surface area contributed by atoms with Gasteiger partial charge in [-0.05, 0) is 35.9 Å². The van der Waals surface area contributed by atoms with Gasteiger partial charge in [-0.2, -0.15) is 0 Å². The molecule has 0 amide bonds. The Bertz CT molecular complexity index is 874. The molecule has 0 spiro atoms. The van der Waals surface area contributed by atoms with E-state index in [0.717, 1.165) is 0 Å². The van der Waals surface area contributed by atoms with Crippen molar-refractivity contribution in [1.29, 1.82) is 0 Å². The molecule has 1 aromatic heterocycles. The summed E-state index contributed by atoms with van der Waals surface area (Å²) in [6, 6.07) is 32.5. The molecule has 3 aromatic carbocycles. The van der Waals surface area contributed by atoms with E-state index in [1.165, 1.54) is 27.8 Å². The van der Waals surface area contributed by atoms with Crippen molar-refractivity contribution in [2.24, 2.45) is 0 Å². The van der Waals surface area contributed by atoms with Crippen molar-refractivity contribution in [2.75, 3.05) is 0 Å². The predicted molar refractivity (Wildman–Crippen MR) is 87.5 cm³/mol. The summed E-state index contributed by atoms with van der Waals surface area (Å²) in [6.07, 6.45) is 0. The van der Waals surface area contributed by atoms with Gasteiger partial charge in [-0.25, -0.2) is 0 Å². The zero-order valence-electron chi connectivity index (χ0n) is 11.5. The Labute approximate surface area is 124 Å². The third-order valence-electron chi connectivity index (χ3n) is 3.74. The second kappa shape index (κ2) is 4.95. The summed E-state index contributed by atoms with van der Waals surface area (Å²) in [5.41, 5.74) is 4.82. The number of nitrogens with zero attached hydrogens (tertiary/aromatic N) is 1. The summed E-state index contributed by atoms with van der Waals surface area (Å²) in [4.78, 5) is 0. The third-order valence-corrected chi connectivity index (χ3v) is 3.74. The van der Waals surface area contributed by atoms with Crippen LogP contribution in [-0.2, 0) is 0 Å². The molecule has 1 radical (unpaired) electrons. The van der Waals surface area contributed by atoms with Crippen LogP contribution in [0.15, 0.2) is 84.9 Å². The van der Waals surface area contributed by atoms with Crippen molar-refractivity contribution in [2.45, 2.75) is 0 Å². The highest BCUT2D eigenvalue weighted by atomic mass is 15.0. The van der Waals surface area contributed by atoms with E-state index in [4.69, 9.17) is 0 Å². The first-order valence-electron chi connectivity index (χ1n) is 7.06. The average Bonchev–Trinajstić information content (AvgIpc) is 2.96. The van der Waals surface area contributed by atoms with Crippen LogP contribution < -0.4 is 0 Å². The number of hydrogen-bond acceptors (Lipinski definition) is 0. The highest BCUT2D eigenvalue weighted by Gasteiger charge is 2.11. The van der Waals surface area contributed by atoms with E-state index in [2.05, 4.69) is 77.4 Å². The quantitative estimate of drug-likeness (QED) is 0.477. The molecular weight excluding hydrogens is 254 g/mol. The first kappa shape index (κ1) is 12.0. The van der Waals surface area contributed by atoms with Crippen molar-refractivity contribution in [1.82, 2.24) is 4.57 Å². The van der Waals surface area contributed by atoms with Crippen LogP contribution >= 0.6 is 0 Å². The zero-order chi connectivity index (χ0) is 14.1. The van der Waals surface area contributed by atoms with Gasteiger partial charge < -0.3 is 4.57 Å². The van der Waals surface area contributed by atoms with Crippen LogP contribution in [0.2, 0.25) is 0 Å². The molecule has 4 aromatic rings. The molecule has 99 valence electrons. The Balaban J connectivity index is 2.07. The molecule has 0 aliphatic rings. The van der Waals surface area contributed by atoms with Crippen molar-refractivity contribution >= 4 is 10.9 Å². The lowest BCUT2D eigenvalue weighted by Crippen LogP contribution is -1.95. The molecule has 0 saturated heterocycles. The lowest BCUT2D eigenvalue weighted by Gasteiger charge is -2.11. The summed E-state index contributed by atoms with van der Waals surface area (Å²) < 4.78 is 2.31. The Kier molecular flexibility index (Phi) is 2.82. The summed E-state index contributed by atoms with van der Waals surface area (Å²) in [7, 11) is 0. The van der Waals surface area contributed by atoms with Gasteiger partial charge in [-0.15, -0.1) is 0 Å². The lowest BCUT2D eigenvalue weighted by atomic mass is 10.1. The van der Waals surface area contributed by atoms with E-state index in [9.17, 15) is 0 Å². The number of benzene rings is 3. The summed E-state index contributed by atoms with van der Waals surface area (Å²) in [5.74, 6) is 0. The van der Waals surface area contributed by atoms with Crippen molar-refractivity contribution in [3.8, 4) is 16.9 Å². The van der Waals surface area contributed by atoms with E-state index in [1.54, 1.807) is 0 Å². The second-order valence-corrected chi connectivity index (χ2v) is 5.05. The molecular formula is C20H14N. The van der Waals surface area contributed by atoms with Crippen LogP contribution in [0.5, 0.6) is 0 Å². The number of fused-ring (bicyclic) bond motifs is 1. The van der Waals surface area contributed by atoms with E-state index in [1.807, 2.05) is 18.2 Å². The van der Waals surface area contributed by atoms with Crippen LogP contribution in [-0.4, -0.2) is 4.57 Å². The summed E-state index contributed by atoms with van der Waals surface area (Å²) in [5, 5.41) is 1.25. The minimum Gasteiger partial charge on any atom is -0.309 e. The Morgan fingerprint density at radius 2 is 1.43 bits per heavy atom. The fraction of sp³-hybridized carbons (Fsp3) is 0. The first-order chi connectivity index (χ1) is 10.4. The third kappa shape index (κ3) is 2.03. The van der Waals surface area contributed by atoms with Crippen molar-refractivity contribution in [3.63, 3.8) is 0 Å². The van der Waals surface area contributed by atoms with Gasteiger partial charge in [0.25, 0.3) is 0 Å². The van der Waals surface area contributed by atoms with Crippen LogP contribution in [0, 0.1) is 6.07 Å². The largest absolute Gasteiger partial charge is 0.309 e. The van der Waals surface area contributed by atoms with Gasteiger partial charge in [0.15, 0.2) is 0 Å². The highest BCUT2D eigenvalue weighted by Crippen LogP contribution is 2.31. The molecule has 4 rings (SSSR count). The van der Waals surface area contributed by atoms with Gasteiger partial charge in [0, 0.05) is 11.1 Å². The van der Waals surface area contributed by atoms with Crippen LogP contribution in [0.4, 0.5) is 0 Å². The first-order valence-corrected chi connectivity index (χ1v) is 7.06. The maximum Gasteiger partial charge on any atom is 0.0540 e. The van der Waals surface area contributed by atoms with Gasteiger partial charge in [0.05, 0.1) is 11.2 Å². The van der Waals surface area contributed by atoms with Crippen LogP contribution in [0.25, 0.3) is 27.8 Å². The zero-order valence-corrected chi connectivity index (χ0v) is 11.5. The number of rotatable bonds is 2. The van der Waals surface area contributed by atoms with E-state index < -0.39 is 0 Å². The molecule has 0 fully saturated rings. The molecule has 1 nitrogen and oxygen atoms in total. The average molecular weight is 268 g/mol. The Morgan fingerprint density at radius 3 is 2.24 bits per heavy atom. The molecule has 0 aliphatic carbocycles. The fourth-order valence-electron chi connectivity index (χ4n) is 2.78. The van der Waals surface area contributed by atoms with E-state index in [0.29, 0.717) is 0 Å². The van der Waals surface area contributed by atoms with Gasteiger partial charge >= 0.3 is 0 Å². The molecule has 0 aliphatic heterocycles. The maximum absolute atomic E-state index is 3.09. The minimum absolute atomic E-state index is 1.18. The number of aromatic nitrogens is 1. The molecule has 0 atom stereocenters. The lowest BCUT2D eigenvalue weighted by molar-refractivity contribution is 1.13. The molecule has 1 heterocycles. The summed E-state index contributed by atoms with van der Waals surface area (Å²) >= 11 is 0. The van der Waals surface area contributed by atoms with Gasteiger partial charge in [0.1, 0.15) is 0 Å². The molecule has 0 bridgehead atoms. The monoisotopic (exact) mass is 268 g/mol. The Morgan fingerprint density at radius 1 is 0.714 bits per heavy atom. The fourth-order valence-corrected chi connectivity index (χ4v) is 2.78. The molecule has 1 heteroatoms. The molecule has 0 saturated carbocycles. The standard InChI is InChI=1S/C20H14N/c1-3-9-16(10-4-1)20-15-17-11-7-8-14-19(17)21(20)18-12-5-2-6-13-18/h2-15H. The van der Waals surface area contributed by atoms with Gasteiger partial charge in [-0.3, -0.25) is 0 Å². The topological polar surface area (TPSA) is 4.93 Å².